The van der Waals surface area contributed by atoms with Gasteiger partial charge in [0.25, 0.3) is 5.91 Å². The third-order valence-electron chi connectivity index (χ3n) is 5.83. The summed E-state index contributed by atoms with van der Waals surface area (Å²) in [5.41, 5.74) is 4.20. The van der Waals surface area contributed by atoms with Crippen LogP contribution in [0.15, 0.2) is 60.8 Å². The van der Waals surface area contributed by atoms with Crippen molar-refractivity contribution in [1.29, 1.82) is 0 Å². The van der Waals surface area contributed by atoms with E-state index in [4.69, 9.17) is 5.11 Å². The first-order valence-corrected chi connectivity index (χ1v) is 11.0. The quantitative estimate of drug-likeness (QED) is 0.277. The summed E-state index contributed by atoms with van der Waals surface area (Å²) >= 11 is 0. The van der Waals surface area contributed by atoms with Gasteiger partial charge in [0.1, 0.15) is 11.6 Å². The number of anilines is 2. The molecule has 0 atom stereocenters. The highest BCUT2D eigenvalue weighted by atomic mass is 19.1. The lowest BCUT2D eigenvalue weighted by molar-refractivity contribution is 0.0696. The molecule has 36 heavy (non-hydrogen) atoms. The fourth-order valence-corrected chi connectivity index (χ4v) is 4.15. The lowest BCUT2D eigenvalue weighted by Gasteiger charge is -2.13. The number of nitrogens with one attached hydrogen (secondary N) is 4. The summed E-state index contributed by atoms with van der Waals surface area (Å²) in [7, 11) is 0. The smallest absolute Gasteiger partial charge is 0.335 e. The van der Waals surface area contributed by atoms with Gasteiger partial charge in [-0.15, -0.1) is 0 Å². The van der Waals surface area contributed by atoms with Crippen molar-refractivity contribution >= 4 is 29.3 Å². The van der Waals surface area contributed by atoms with E-state index in [-0.39, 0.29) is 23.7 Å². The molecule has 0 spiro atoms. The van der Waals surface area contributed by atoms with Gasteiger partial charge in [0.05, 0.1) is 11.1 Å². The molecule has 5 N–H and O–H groups in total. The number of nitrogens with zero attached hydrogens (tertiary/aromatic N) is 1. The highest BCUT2D eigenvalue weighted by molar-refractivity contribution is 6.06. The van der Waals surface area contributed by atoms with Crippen LogP contribution in [-0.4, -0.2) is 33.0 Å². The van der Waals surface area contributed by atoms with Gasteiger partial charge in [-0.1, -0.05) is 6.07 Å². The minimum Gasteiger partial charge on any atom is -0.478 e. The van der Waals surface area contributed by atoms with Gasteiger partial charge < -0.3 is 26.0 Å². The summed E-state index contributed by atoms with van der Waals surface area (Å²) in [6.07, 6.45) is 1.68. The summed E-state index contributed by atoms with van der Waals surface area (Å²) in [5.74, 6) is -1.32. The highest BCUT2D eigenvalue weighted by Gasteiger charge is 2.28. The Morgan fingerprint density at radius 2 is 1.64 bits per heavy atom. The van der Waals surface area contributed by atoms with Gasteiger partial charge in [0.15, 0.2) is 0 Å². The summed E-state index contributed by atoms with van der Waals surface area (Å²) in [5, 5.41) is 16.9. The van der Waals surface area contributed by atoms with Crippen molar-refractivity contribution in [2.45, 2.75) is 13.5 Å². The zero-order valence-electron chi connectivity index (χ0n) is 19.0. The molecule has 4 aromatic rings. The number of aromatic amines is 1. The van der Waals surface area contributed by atoms with E-state index >= 15 is 4.39 Å². The first-order chi connectivity index (χ1) is 17.3. The van der Waals surface area contributed by atoms with E-state index in [0.717, 1.165) is 5.69 Å². The number of H-pyrrole nitrogens is 1. The molecule has 9 nitrogen and oxygen atoms in total. The Bertz CT molecular complexity index is 1530. The average molecular weight is 485 g/mol. The number of hydrogen-bond donors (Lipinski definition) is 5. The van der Waals surface area contributed by atoms with Crippen LogP contribution in [0.3, 0.4) is 0 Å². The number of fused-ring (bicyclic) bond motifs is 1. The molecule has 180 valence electrons. The van der Waals surface area contributed by atoms with E-state index < -0.39 is 17.8 Å². The first-order valence-electron chi connectivity index (χ1n) is 11.0. The fourth-order valence-electron chi connectivity index (χ4n) is 4.15. The minimum atomic E-state index is -1.07. The third-order valence-corrected chi connectivity index (χ3v) is 5.83. The van der Waals surface area contributed by atoms with Crippen LogP contribution in [0.2, 0.25) is 0 Å². The topological polar surface area (TPSA) is 136 Å². The van der Waals surface area contributed by atoms with E-state index in [0.29, 0.717) is 39.3 Å². The molecular formula is C26H20FN5O4. The predicted molar refractivity (Wildman–Crippen MR) is 131 cm³/mol. The number of halogens is 1. The van der Waals surface area contributed by atoms with Crippen LogP contribution in [0.5, 0.6) is 0 Å². The summed E-state index contributed by atoms with van der Waals surface area (Å²) in [6, 6.07) is 12.8. The van der Waals surface area contributed by atoms with Crippen molar-refractivity contribution < 1.29 is 23.9 Å². The number of carboxylic acids is 1. The lowest BCUT2D eigenvalue weighted by Crippen LogP contribution is -2.19. The Morgan fingerprint density at radius 1 is 0.972 bits per heavy atom. The van der Waals surface area contributed by atoms with Crippen molar-refractivity contribution in [2.24, 2.45) is 0 Å². The minimum absolute atomic E-state index is 0.0920. The van der Waals surface area contributed by atoms with E-state index in [1.54, 1.807) is 30.5 Å². The Balaban J connectivity index is 1.38. The van der Waals surface area contributed by atoms with Crippen molar-refractivity contribution in [2.75, 3.05) is 10.6 Å². The van der Waals surface area contributed by atoms with E-state index in [9.17, 15) is 14.4 Å². The molecule has 10 heteroatoms. The molecule has 0 radical (unpaired) electrons. The van der Waals surface area contributed by atoms with E-state index in [1.165, 1.54) is 30.3 Å². The van der Waals surface area contributed by atoms with Gasteiger partial charge in [-0.05, 0) is 66.6 Å². The second kappa shape index (κ2) is 8.99. The van der Waals surface area contributed by atoms with Crippen molar-refractivity contribution in [1.82, 2.24) is 15.3 Å². The van der Waals surface area contributed by atoms with Crippen LogP contribution in [-0.2, 0) is 6.54 Å². The number of aromatic carboxylic acids is 1. The van der Waals surface area contributed by atoms with Crippen molar-refractivity contribution in [3.63, 3.8) is 0 Å². The molecule has 0 saturated heterocycles. The summed E-state index contributed by atoms with van der Waals surface area (Å²) in [6.45, 7) is 2.13. The summed E-state index contributed by atoms with van der Waals surface area (Å²) in [4.78, 5) is 43.3. The number of aromatic nitrogens is 2. The SMILES string of the molecule is Cc1cnc(-c2ccc(-c3ccc(NC(=O)Nc4ccc(C(=O)O)cc4)cc3F)c3c2C(=O)NC3)[nH]1. The largest absolute Gasteiger partial charge is 0.478 e. The maximum Gasteiger partial charge on any atom is 0.335 e. The van der Waals surface area contributed by atoms with Gasteiger partial charge in [0.2, 0.25) is 0 Å². The molecular weight excluding hydrogens is 465 g/mol. The zero-order chi connectivity index (χ0) is 25.4. The maximum absolute atomic E-state index is 15.2. The molecule has 3 aromatic carbocycles. The van der Waals surface area contributed by atoms with Crippen LogP contribution in [0.25, 0.3) is 22.5 Å². The van der Waals surface area contributed by atoms with E-state index in [1.807, 2.05) is 6.92 Å². The molecule has 5 rings (SSSR count). The van der Waals surface area contributed by atoms with Crippen LogP contribution >= 0.6 is 0 Å². The Morgan fingerprint density at radius 3 is 2.31 bits per heavy atom. The average Bonchev–Trinajstić information content (AvgIpc) is 3.45. The number of rotatable bonds is 5. The number of urea groups is 1. The second-order valence-electron chi connectivity index (χ2n) is 8.27. The Hall–Kier alpha value is -4.99. The molecule has 0 unspecified atom stereocenters. The normalized spacial score (nSPS) is 12.1. The zero-order valence-corrected chi connectivity index (χ0v) is 19.0. The predicted octanol–water partition coefficient (Wildman–Crippen LogP) is 4.78. The Labute approximate surface area is 204 Å². The molecule has 1 aliphatic rings. The Kier molecular flexibility index (Phi) is 5.69. The number of aryl methyl sites for hydroxylation is 1. The molecule has 1 aromatic heterocycles. The number of carbonyl (C=O) groups excluding carboxylic acids is 2. The standard InChI is InChI=1S/C26H20FN5O4/c1-13-11-28-23(30-13)19-9-8-17(20-12-29-24(33)22(19)20)18-7-6-16(10-21(18)27)32-26(36)31-15-4-2-14(3-5-15)25(34)35/h2-11H,12H2,1H3,(H,28,30)(H,29,33)(H,34,35)(H2,31,32,36). The number of imidazole rings is 1. The number of carboxylic acid groups (broad SMARTS) is 1. The molecule has 0 aliphatic carbocycles. The summed E-state index contributed by atoms with van der Waals surface area (Å²) < 4.78 is 15.2. The molecule has 1 aliphatic heterocycles. The fraction of sp³-hybridized carbons (Fsp3) is 0.0769. The monoisotopic (exact) mass is 485 g/mol. The number of carbonyl (C=O) groups is 3. The van der Waals surface area contributed by atoms with E-state index in [2.05, 4.69) is 25.9 Å². The van der Waals surface area contributed by atoms with Gasteiger partial charge >= 0.3 is 12.0 Å². The first kappa shape index (κ1) is 22.8. The molecule has 0 fully saturated rings. The van der Waals surface area contributed by atoms with Crippen LogP contribution in [0, 0.1) is 12.7 Å². The highest BCUT2D eigenvalue weighted by Crippen LogP contribution is 2.36. The molecule has 0 bridgehead atoms. The van der Waals surface area contributed by atoms with Crippen molar-refractivity contribution in [3.05, 3.63) is 89.0 Å². The number of benzene rings is 3. The number of amides is 3. The number of hydrogen-bond acceptors (Lipinski definition) is 4. The van der Waals surface area contributed by atoms with Crippen LogP contribution in [0.4, 0.5) is 20.6 Å². The van der Waals surface area contributed by atoms with Gasteiger partial charge in [0, 0.05) is 40.9 Å². The van der Waals surface area contributed by atoms with Crippen molar-refractivity contribution in [3.8, 4) is 22.5 Å². The molecule has 0 saturated carbocycles. The van der Waals surface area contributed by atoms with Gasteiger partial charge in [-0.2, -0.15) is 0 Å². The molecule has 3 amide bonds. The third kappa shape index (κ3) is 4.27. The van der Waals surface area contributed by atoms with Gasteiger partial charge in [-0.25, -0.2) is 19.0 Å². The van der Waals surface area contributed by atoms with Crippen LogP contribution in [0.1, 0.15) is 32.0 Å². The maximum atomic E-state index is 15.2. The lowest BCUT2D eigenvalue weighted by atomic mass is 9.92. The second-order valence-corrected chi connectivity index (χ2v) is 8.27. The van der Waals surface area contributed by atoms with Crippen LogP contribution < -0.4 is 16.0 Å². The van der Waals surface area contributed by atoms with Gasteiger partial charge in [-0.3, -0.25) is 4.79 Å². The molecule has 2 heterocycles.